The van der Waals surface area contributed by atoms with Crippen LogP contribution in [0.25, 0.3) is 0 Å². The van der Waals surface area contributed by atoms with E-state index in [0.717, 1.165) is 10.8 Å². The van der Waals surface area contributed by atoms with Gasteiger partial charge in [0.2, 0.25) is 0 Å². The molecule has 1 fully saturated rings. The lowest BCUT2D eigenvalue weighted by atomic mass is 10.1. The highest BCUT2D eigenvalue weighted by molar-refractivity contribution is 5.03. The molecule has 8 heteroatoms. The van der Waals surface area contributed by atoms with E-state index in [4.69, 9.17) is 9.84 Å². The van der Waals surface area contributed by atoms with E-state index in [1.54, 1.807) is 0 Å². The Balaban J connectivity index is 2.42. The molecule has 0 bridgehead atoms. The fourth-order valence-corrected chi connectivity index (χ4v) is 1.85. The summed E-state index contributed by atoms with van der Waals surface area (Å²) in [6.45, 7) is 0.895. The summed E-state index contributed by atoms with van der Waals surface area (Å²) in [7, 11) is 0. The molecular formula is C10H13FN2O5. The van der Waals surface area contributed by atoms with E-state index in [0.29, 0.717) is 0 Å². The van der Waals surface area contributed by atoms with Crippen LogP contribution >= 0.6 is 0 Å². The number of nitrogens with one attached hydrogen (secondary N) is 1. The van der Waals surface area contributed by atoms with Gasteiger partial charge in [-0.1, -0.05) is 0 Å². The second-order valence-corrected chi connectivity index (χ2v) is 4.16. The molecule has 1 saturated heterocycles. The fourth-order valence-electron chi connectivity index (χ4n) is 1.85. The molecule has 2 rings (SSSR count). The average molecular weight is 260 g/mol. The molecule has 2 heterocycles. The molecule has 3 N–H and O–H groups in total. The first-order valence-corrected chi connectivity index (χ1v) is 5.36. The molecule has 7 nitrogen and oxygen atoms in total. The number of aryl methyl sites for hydroxylation is 1. The van der Waals surface area contributed by atoms with Crippen molar-refractivity contribution in [1.82, 2.24) is 9.55 Å². The smallest absolute Gasteiger partial charge is 0.330 e. The molecule has 1 aliphatic heterocycles. The highest BCUT2D eigenvalue weighted by Gasteiger charge is 2.45. The van der Waals surface area contributed by atoms with Gasteiger partial charge in [0.05, 0.1) is 6.61 Å². The first-order valence-electron chi connectivity index (χ1n) is 5.36. The minimum Gasteiger partial charge on any atom is -0.394 e. The third-order valence-electron chi connectivity index (χ3n) is 2.89. The molecule has 0 saturated carbocycles. The summed E-state index contributed by atoms with van der Waals surface area (Å²) in [5, 5.41) is 18.3. The molecule has 1 aliphatic rings. The number of nitrogens with zero attached hydrogens (tertiary/aromatic N) is 1. The minimum atomic E-state index is -1.86. The summed E-state index contributed by atoms with van der Waals surface area (Å²) in [5.74, 6) is 0. The Morgan fingerprint density at radius 1 is 1.56 bits per heavy atom. The predicted molar refractivity (Wildman–Crippen MR) is 58.0 cm³/mol. The van der Waals surface area contributed by atoms with Gasteiger partial charge in [-0.25, -0.2) is 9.18 Å². The van der Waals surface area contributed by atoms with Crippen LogP contribution in [0.4, 0.5) is 4.39 Å². The highest BCUT2D eigenvalue weighted by atomic mass is 19.1. The van der Waals surface area contributed by atoms with Crippen molar-refractivity contribution >= 4 is 0 Å². The zero-order chi connectivity index (χ0) is 13.4. The van der Waals surface area contributed by atoms with E-state index < -0.39 is 42.5 Å². The normalized spacial score (nSPS) is 31.8. The summed E-state index contributed by atoms with van der Waals surface area (Å²) in [6, 6.07) is 0. The van der Waals surface area contributed by atoms with E-state index in [1.165, 1.54) is 6.92 Å². The van der Waals surface area contributed by atoms with E-state index in [1.807, 2.05) is 4.98 Å². The number of aliphatic hydroxyl groups excluding tert-OH is 2. The van der Waals surface area contributed by atoms with Crippen LogP contribution in [-0.4, -0.2) is 44.8 Å². The third-order valence-corrected chi connectivity index (χ3v) is 2.89. The summed E-state index contributed by atoms with van der Waals surface area (Å²) < 4.78 is 19.7. The molecule has 3 unspecified atom stereocenters. The molecule has 0 spiro atoms. The second kappa shape index (κ2) is 4.63. The Morgan fingerprint density at radius 3 is 2.78 bits per heavy atom. The first-order chi connectivity index (χ1) is 8.45. The Morgan fingerprint density at radius 2 is 2.22 bits per heavy atom. The molecule has 0 amide bonds. The van der Waals surface area contributed by atoms with Crippen molar-refractivity contribution in [2.75, 3.05) is 6.61 Å². The predicted octanol–water partition coefficient (Wildman–Crippen LogP) is -1.57. The number of H-pyrrole nitrogens is 1. The van der Waals surface area contributed by atoms with Crippen LogP contribution in [0.1, 0.15) is 11.8 Å². The number of rotatable bonds is 2. The SMILES string of the molecule is Cc1cn(C2O[C@@H](CO)C(O)C2F)c(=O)[nH]c1=O. The van der Waals surface area contributed by atoms with E-state index in [-0.39, 0.29) is 5.56 Å². The van der Waals surface area contributed by atoms with Gasteiger partial charge in [-0.2, -0.15) is 0 Å². The topological polar surface area (TPSA) is 105 Å². The number of alkyl halides is 1. The van der Waals surface area contributed by atoms with Crippen LogP contribution in [0.5, 0.6) is 0 Å². The maximum Gasteiger partial charge on any atom is 0.330 e. The average Bonchev–Trinajstić information content (AvgIpc) is 2.61. The van der Waals surface area contributed by atoms with Gasteiger partial charge in [-0.3, -0.25) is 14.3 Å². The zero-order valence-corrected chi connectivity index (χ0v) is 9.54. The second-order valence-electron chi connectivity index (χ2n) is 4.16. The quantitative estimate of drug-likeness (QED) is 0.596. The van der Waals surface area contributed by atoms with Gasteiger partial charge in [-0.15, -0.1) is 0 Å². The van der Waals surface area contributed by atoms with E-state index in [2.05, 4.69) is 0 Å². The van der Waals surface area contributed by atoms with Gasteiger partial charge in [0.15, 0.2) is 12.4 Å². The molecular weight excluding hydrogens is 247 g/mol. The Bertz CT molecular complexity index is 554. The Labute approximate surface area is 100 Å². The number of hydrogen-bond acceptors (Lipinski definition) is 5. The van der Waals surface area contributed by atoms with Crippen LogP contribution < -0.4 is 11.2 Å². The van der Waals surface area contributed by atoms with Crippen molar-refractivity contribution < 1.29 is 19.3 Å². The van der Waals surface area contributed by atoms with Gasteiger partial charge in [0.25, 0.3) is 5.56 Å². The summed E-state index contributed by atoms with van der Waals surface area (Å²) >= 11 is 0. The molecule has 0 radical (unpaired) electrons. The van der Waals surface area contributed by atoms with Gasteiger partial charge >= 0.3 is 5.69 Å². The van der Waals surface area contributed by atoms with Crippen LogP contribution in [0, 0.1) is 6.92 Å². The van der Waals surface area contributed by atoms with Crippen molar-refractivity contribution in [1.29, 1.82) is 0 Å². The lowest BCUT2D eigenvalue weighted by molar-refractivity contribution is -0.0492. The lowest BCUT2D eigenvalue weighted by Crippen LogP contribution is -2.36. The Hall–Kier alpha value is -1.51. The minimum absolute atomic E-state index is 0.215. The summed E-state index contributed by atoms with van der Waals surface area (Å²) in [6.07, 6.45) is -4.67. The zero-order valence-electron chi connectivity index (χ0n) is 9.54. The number of halogens is 1. The van der Waals surface area contributed by atoms with Crippen molar-refractivity contribution in [2.45, 2.75) is 31.5 Å². The number of aromatic amines is 1. The van der Waals surface area contributed by atoms with Crippen molar-refractivity contribution in [2.24, 2.45) is 0 Å². The monoisotopic (exact) mass is 260 g/mol. The molecule has 100 valence electrons. The fraction of sp³-hybridized carbons (Fsp3) is 0.600. The molecule has 0 aromatic carbocycles. The van der Waals surface area contributed by atoms with Crippen molar-refractivity contribution in [3.8, 4) is 0 Å². The van der Waals surface area contributed by atoms with Crippen molar-refractivity contribution in [3.63, 3.8) is 0 Å². The van der Waals surface area contributed by atoms with Gasteiger partial charge < -0.3 is 14.9 Å². The molecule has 4 atom stereocenters. The van der Waals surface area contributed by atoms with Crippen LogP contribution in [0.15, 0.2) is 15.8 Å². The maximum absolute atomic E-state index is 13.8. The number of hydrogen-bond donors (Lipinski definition) is 3. The third kappa shape index (κ3) is 1.98. The molecule has 1 aromatic heterocycles. The summed E-state index contributed by atoms with van der Waals surface area (Å²) in [5.41, 5.74) is -1.18. The lowest BCUT2D eigenvalue weighted by Gasteiger charge is -2.15. The van der Waals surface area contributed by atoms with Crippen molar-refractivity contribution in [3.05, 3.63) is 32.6 Å². The number of aliphatic hydroxyl groups is 2. The molecule has 0 aliphatic carbocycles. The largest absolute Gasteiger partial charge is 0.394 e. The maximum atomic E-state index is 13.8. The molecule has 1 aromatic rings. The molecule has 18 heavy (non-hydrogen) atoms. The van der Waals surface area contributed by atoms with Crippen LogP contribution in [0.2, 0.25) is 0 Å². The number of ether oxygens (including phenoxy) is 1. The van der Waals surface area contributed by atoms with E-state index >= 15 is 0 Å². The van der Waals surface area contributed by atoms with Gasteiger partial charge in [-0.05, 0) is 6.92 Å². The van der Waals surface area contributed by atoms with Gasteiger partial charge in [0, 0.05) is 11.8 Å². The Kier molecular flexibility index (Phi) is 3.33. The highest BCUT2D eigenvalue weighted by Crippen LogP contribution is 2.30. The first kappa shape index (κ1) is 12.9. The number of aromatic nitrogens is 2. The van der Waals surface area contributed by atoms with Gasteiger partial charge in [0.1, 0.15) is 12.2 Å². The van der Waals surface area contributed by atoms with Crippen LogP contribution in [-0.2, 0) is 4.74 Å². The van der Waals surface area contributed by atoms with Crippen LogP contribution in [0.3, 0.4) is 0 Å². The summed E-state index contributed by atoms with van der Waals surface area (Å²) in [4.78, 5) is 24.7. The van der Waals surface area contributed by atoms with E-state index in [9.17, 15) is 19.1 Å². The standard InChI is InChI=1S/C10H13FN2O5/c1-4-2-13(10(17)12-8(4)16)9-6(11)7(15)5(3-14)18-9/h2,5-7,9,14-15H,3H2,1H3,(H,12,16,17)/t5-,6?,7?,9?/m0/s1.